The Kier molecular flexibility index (Phi) is 5.37. The molecule has 3 aliphatic rings. The van der Waals surface area contributed by atoms with Crippen LogP contribution >= 0.6 is 0 Å². The van der Waals surface area contributed by atoms with Crippen molar-refractivity contribution < 1.29 is 9.59 Å². The molecule has 2 heterocycles. The fourth-order valence-corrected chi connectivity index (χ4v) is 4.87. The van der Waals surface area contributed by atoms with Crippen molar-refractivity contribution in [3.63, 3.8) is 0 Å². The zero-order valence-electron chi connectivity index (χ0n) is 16.3. The summed E-state index contributed by atoms with van der Waals surface area (Å²) in [7, 11) is 0. The fraction of sp³-hybridized carbons (Fsp3) is 0.700. The molecule has 152 valence electrons. The van der Waals surface area contributed by atoms with E-state index < -0.39 is 0 Å². The van der Waals surface area contributed by atoms with Gasteiger partial charge in [-0.25, -0.2) is 4.79 Å². The monoisotopic (exact) mass is 388 g/mol. The highest BCUT2D eigenvalue weighted by molar-refractivity contribution is 5.76. The van der Waals surface area contributed by atoms with Gasteiger partial charge in [-0.05, 0) is 32.1 Å². The molecule has 0 spiro atoms. The quantitative estimate of drug-likeness (QED) is 0.695. The SMILES string of the molecule is O=CN1CCN(C(=O)Cn2c3c(c(=O)n(C4CCCCC4)c2=O)CCC3)CC1. The van der Waals surface area contributed by atoms with E-state index in [4.69, 9.17) is 0 Å². The van der Waals surface area contributed by atoms with Crippen LogP contribution in [-0.2, 0) is 29.0 Å². The van der Waals surface area contributed by atoms with Gasteiger partial charge in [0.1, 0.15) is 6.54 Å². The highest BCUT2D eigenvalue weighted by atomic mass is 16.2. The van der Waals surface area contributed by atoms with Crippen molar-refractivity contribution in [2.45, 2.75) is 64.0 Å². The third-order valence-electron chi connectivity index (χ3n) is 6.48. The smallest absolute Gasteiger partial charge is 0.331 e. The summed E-state index contributed by atoms with van der Waals surface area (Å²) >= 11 is 0. The molecule has 4 rings (SSSR count). The van der Waals surface area contributed by atoms with Gasteiger partial charge in [-0.1, -0.05) is 19.3 Å². The van der Waals surface area contributed by atoms with Crippen LogP contribution < -0.4 is 11.2 Å². The maximum absolute atomic E-state index is 13.3. The molecular weight excluding hydrogens is 360 g/mol. The molecule has 0 aromatic carbocycles. The summed E-state index contributed by atoms with van der Waals surface area (Å²) in [5, 5.41) is 0. The van der Waals surface area contributed by atoms with Gasteiger partial charge < -0.3 is 9.80 Å². The maximum Gasteiger partial charge on any atom is 0.331 e. The second-order valence-electron chi connectivity index (χ2n) is 8.14. The first-order chi connectivity index (χ1) is 13.6. The normalized spacial score (nSPS) is 20.3. The number of hydrogen-bond acceptors (Lipinski definition) is 4. The van der Waals surface area contributed by atoms with E-state index in [2.05, 4.69) is 0 Å². The molecular formula is C20H28N4O4. The Bertz CT molecular complexity index is 873. The first kappa shape index (κ1) is 19.0. The Morgan fingerprint density at radius 3 is 2.36 bits per heavy atom. The van der Waals surface area contributed by atoms with Gasteiger partial charge in [0.2, 0.25) is 12.3 Å². The second kappa shape index (κ2) is 7.93. The summed E-state index contributed by atoms with van der Waals surface area (Å²) in [4.78, 5) is 53.4. The second-order valence-corrected chi connectivity index (χ2v) is 8.14. The van der Waals surface area contributed by atoms with Gasteiger partial charge >= 0.3 is 5.69 Å². The zero-order valence-corrected chi connectivity index (χ0v) is 16.3. The summed E-state index contributed by atoms with van der Waals surface area (Å²) in [5.41, 5.74) is 1.02. The average Bonchev–Trinajstić information content (AvgIpc) is 3.22. The van der Waals surface area contributed by atoms with Crippen molar-refractivity contribution in [2.24, 2.45) is 0 Å². The van der Waals surface area contributed by atoms with Gasteiger partial charge in [-0.2, -0.15) is 0 Å². The minimum Gasteiger partial charge on any atom is -0.342 e. The summed E-state index contributed by atoms with van der Waals surface area (Å²) in [6.07, 6.45) is 7.96. The molecule has 0 N–H and O–H groups in total. The molecule has 0 atom stereocenters. The fourth-order valence-electron chi connectivity index (χ4n) is 4.87. The van der Waals surface area contributed by atoms with Gasteiger partial charge in [0.05, 0.1) is 0 Å². The van der Waals surface area contributed by atoms with Crippen molar-refractivity contribution >= 4 is 12.3 Å². The van der Waals surface area contributed by atoms with Crippen LogP contribution in [0.4, 0.5) is 0 Å². The molecule has 1 saturated carbocycles. The minimum absolute atomic E-state index is 0.0186. The molecule has 2 aliphatic carbocycles. The van der Waals surface area contributed by atoms with Crippen LogP contribution in [0, 0.1) is 0 Å². The van der Waals surface area contributed by atoms with Gasteiger partial charge in [-0.3, -0.25) is 23.5 Å². The van der Waals surface area contributed by atoms with Crippen molar-refractivity contribution in [3.8, 4) is 0 Å². The largest absolute Gasteiger partial charge is 0.342 e. The summed E-state index contributed by atoms with van der Waals surface area (Å²) < 4.78 is 3.01. The number of piperazine rings is 1. The molecule has 8 nitrogen and oxygen atoms in total. The van der Waals surface area contributed by atoms with Gasteiger partial charge in [0.15, 0.2) is 0 Å². The van der Waals surface area contributed by atoms with Crippen LogP contribution in [0.15, 0.2) is 9.59 Å². The molecule has 1 aliphatic heterocycles. The molecule has 1 aromatic heterocycles. The third-order valence-corrected chi connectivity index (χ3v) is 6.48. The van der Waals surface area contributed by atoms with E-state index >= 15 is 0 Å². The number of aromatic nitrogens is 2. The summed E-state index contributed by atoms with van der Waals surface area (Å²) in [6.45, 7) is 1.98. The Labute approximate surface area is 163 Å². The molecule has 1 aromatic rings. The predicted octanol–water partition coefficient (Wildman–Crippen LogP) is 0.305. The maximum atomic E-state index is 13.3. The molecule has 0 radical (unpaired) electrons. The molecule has 1 saturated heterocycles. The Morgan fingerprint density at radius 1 is 0.964 bits per heavy atom. The lowest BCUT2D eigenvalue weighted by molar-refractivity contribution is -0.135. The third kappa shape index (κ3) is 3.40. The van der Waals surface area contributed by atoms with E-state index in [0.717, 1.165) is 56.2 Å². The number of fused-ring (bicyclic) bond motifs is 1. The number of carbonyl (C=O) groups excluding carboxylic acids is 2. The van der Waals surface area contributed by atoms with Crippen LogP contribution in [0.1, 0.15) is 55.8 Å². The van der Waals surface area contributed by atoms with Crippen molar-refractivity contribution in [1.82, 2.24) is 18.9 Å². The highest BCUT2D eigenvalue weighted by Crippen LogP contribution is 2.27. The van der Waals surface area contributed by atoms with E-state index in [0.29, 0.717) is 39.0 Å². The Balaban J connectivity index is 1.64. The molecule has 0 unspecified atom stereocenters. The predicted molar refractivity (Wildman–Crippen MR) is 103 cm³/mol. The zero-order chi connectivity index (χ0) is 19.7. The number of nitrogens with zero attached hydrogens (tertiary/aromatic N) is 4. The Hall–Kier alpha value is -2.38. The molecule has 0 bridgehead atoms. The van der Waals surface area contributed by atoms with E-state index in [-0.39, 0.29) is 29.7 Å². The topological polar surface area (TPSA) is 84.6 Å². The lowest BCUT2D eigenvalue weighted by atomic mass is 9.95. The van der Waals surface area contributed by atoms with E-state index in [1.54, 1.807) is 14.4 Å². The van der Waals surface area contributed by atoms with Crippen molar-refractivity contribution in [2.75, 3.05) is 26.2 Å². The van der Waals surface area contributed by atoms with Gasteiger partial charge in [0.25, 0.3) is 5.56 Å². The minimum atomic E-state index is -0.322. The lowest BCUT2D eigenvalue weighted by Gasteiger charge is -2.33. The van der Waals surface area contributed by atoms with Crippen LogP contribution in [0.5, 0.6) is 0 Å². The number of carbonyl (C=O) groups is 2. The van der Waals surface area contributed by atoms with Crippen molar-refractivity contribution in [3.05, 3.63) is 32.1 Å². The number of hydrogen-bond donors (Lipinski definition) is 0. The lowest BCUT2D eigenvalue weighted by Crippen LogP contribution is -2.51. The molecule has 2 fully saturated rings. The van der Waals surface area contributed by atoms with E-state index in [9.17, 15) is 19.2 Å². The van der Waals surface area contributed by atoms with Crippen LogP contribution in [-0.4, -0.2) is 57.4 Å². The standard InChI is InChI=1S/C20H28N4O4/c25-14-21-9-11-22(12-10-21)18(26)13-23-17-8-4-7-16(17)19(27)24(20(23)28)15-5-2-1-3-6-15/h14-15H,1-13H2. The van der Waals surface area contributed by atoms with Gasteiger partial charge in [0, 0.05) is 43.5 Å². The van der Waals surface area contributed by atoms with Crippen LogP contribution in [0.25, 0.3) is 0 Å². The Morgan fingerprint density at radius 2 is 1.68 bits per heavy atom. The molecule has 2 amide bonds. The van der Waals surface area contributed by atoms with Crippen LogP contribution in [0.2, 0.25) is 0 Å². The van der Waals surface area contributed by atoms with Gasteiger partial charge in [-0.15, -0.1) is 0 Å². The molecule has 8 heteroatoms. The first-order valence-corrected chi connectivity index (χ1v) is 10.4. The molecule has 28 heavy (non-hydrogen) atoms. The summed E-state index contributed by atoms with van der Waals surface area (Å²) in [6, 6.07) is -0.0443. The number of amides is 2. The number of rotatable bonds is 4. The first-order valence-electron chi connectivity index (χ1n) is 10.4. The average molecular weight is 388 g/mol. The summed E-state index contributed by atoms with van der Waals surface area (Å²) in [5.74, 6) is -0.115. The van der Waals surface area contributed by atoms with E-state index in [1.165, 1.54) is 4.57 Å². The van der Waals surface area contributed by atoms with Crippen molar-refractivity contribution in [1.29, 1.82) is 0 Å². The van der Waals surface area contributed by atoms with Crippen LogP contribution in [0.3, 0.4) is 0 Å². The highest BCUT2D eigenvalue weighted by Gasteiger charge is 2.29. The van der Waals surface area contributed by atoms with E-state index in [1.807, 2.05) is 0 Å².